The summed E-state index contributed by atoms with van der Waals surface area (Å²) in [5.41, 5.74) is 0. The summed E-state index contributed by atoms with van der Waals surface area (Å²) in [6.45, 7) is 6.14. The molecule has 0 aromatic heterocycles. The van der Waals surface area contributed by atoms with E-state index in [4.69, 9.17) is 0 Å². The van der Waals surface area contributed by atoms with Crippen molar-refractivity contribution in [3.8, 4) is 0 Å². The SMILES string of the molecule is CNC(=O)[C@H]1[C@H]2C(=O)N(CCCO)C(C(=O)NC(C)C)C23CC[C@]1(C)S3. The van der Waals surface area contributed by atoms with E-state index in [0.717, 1.165) is 12.8 Å². The predicted molar refractivity (Wildman–Crippen MR) is 99.5 cm³/mol. The molecular weight excluding hydrogens is 354 g/mol. The van der Waals surface area contributed by atoms with Crippen molar-refractivity contribution in [2.24, 2.45) is 11.8 Å². The summed E-state index contributed by atoms with van der Waals surface area (Å²) >= 11 is 1.66. The molecule has 2 bridgehead atoms. The molecule has 3 N–H and O–H groups in total. The third-order valence-electron chi connectivity index (χ3n) is 6.04. The summed E-state index contributed by atoms with van der Waals surface area (Å²) in [5.74, 6) is -1.29. The van der Waals surface area contributed by atoms with Gasteiger partial charge in [-0.1, -0.05) is 0 Å². The second-order valence-electron chi connectivity index (χ2n) is 8.11. The highest BCUT2D eigenvalue weighted by molar-refractivity contribution is 8.02. The third kappa shape index (κ3) is 2.64. The minimum atomic E-state index is -0.588. The molecule has 3 rings (SSSR count). The van der Waals surface area contributed by atoms with Crippen molar-refractivity contribution in [3.05, 3.63) is 0 Å². The molecule has 0 radical (unpaired) electrons. The maximum atomic E-state index is 13.3. The molecule has 3 fully saturated rings. The van der Waals surface area contributed by atoms with Crippen LogP contribution >= 0.6 is 11.8 Å². The first kappa shape index (κ1) is 19.5. The molecule has 3 saturated heterocycles. The van der Waals surface area contributed by atoms with Gasteiger partial charge in [-0.15, -0.1) is 11.8 Å². The molecule has 3 aliphatic rings. The number of hydrogen-bond acceptors (Lipinski definition) is 5. The van der Waals surface area contributed by atoms with E-state index in [2.05, 4.69) is 10.6 Å². The largest absolute Gasteiger partial charge is 0.396 e. The van der Waals surface area contributed by atoms with Crippen molar-refractivity contribution in [1.29, 1.82) is 0 Å². The molecule has 3 heterocycles. The fourth-order valence-corrected chi connectivity index (χ4v) is 7.48. The number of nitrogens with one attached hydrogen (secondary N) is 2. The first-order valence-electron chi connectivity index (χ1n) is 9.35. The molecular formula is C18H29N3O4S. The molecule has 5 atom stereocenters. The Morgan fingerprint density at radius 1 is 1.35 bits per heavy atom. The van der Waals surface area contributed by atoms with Gasteiger partial charge in [0.1, 0.15) is 6.04 Å². The molecule has 0 aromatic carbocycles. The van der Waals surface area contributed by atoms with E-state index in [-0.39, 0.29) is 35.1 Å². The minimum Gasteiger partial charge on any atom is -0.396 e. The monoisotopic (exact) mass is 383 g/mol. The molecule has 8 heteroatoms. The highest BCUT2D eigenvalue weighted by atomic mass is 32.2. The van der Waals surface area contributed by atoms with Crippen LogP contribution in [0.1, 0.15) is 40.0 Å². The maximum absolute atomic E-state index is 13.3. The number of amides is 3. The average Bonchev–Trinajstić information content (AvgIpc) is 3.13. The van der Waals surface area contributed by atoms with Gasteiger partial charge in [0.15, 0.2) is 0 Å². The zero-order chi connectivity index (χ0) is 19.3. The zero-order valence-corrected chi connectivity index (χ0v) is 16.7. The van der Waals surface area contributed by atoms with E-state index < -0.39 is 22.6 Å². The number of thioether (sulfide) groups is 1. The summed E-state index contributed by atoms with van der Waals surface area (Å²) in [4.78, 5) is 40.6. The molecule has 0 aromatic rings. The number of aliphatic hydroxyl groups excluding tert-OH is 1. The van der Waals surface area contributed by atoms with Crippen molar-refractivity contribution >= 4 is 29.5 Å². The van der Waals surface area contributed by atoms with Crippen LogP contribution in [0, 0.1) is 11.8 Å². The number of nitrogens with zero attached hydrogens (tertiary/aromatic N) is 1. The van der Waals surface area contributed by atoms with Gasteiger partial charge in [0.25, 0.3) is 0 Å². The lowest BCUT2D eigenvalue weighted by atomic mass is 9.66. The van der Waals surface area contributed by atoms with Crippen LogP contribution in [0.15, 0.2) is 0 Å². The molecule has 1 spiro atoms. The standard InChI is InChI=1S/C18H29N3O4S/c1-10(2)20-15(24)13-18-7-6-17(3,26-18)11(14(23)19-4)12(18)16(25)21(13)8-5-9-22/h10-13,22H,5-9H2,1-4H3,(H,19,23)(H,20,24)/t11-,12+,13?,17+,18?/m1/s1. The number of fused-ring (bicyclic) bond motifs is 1. The second-order valence-corrected chi connectivity index (χ2v) is 10.0. The summed E-state index contributed by atoms with van der Waals surface area (Å²) in [7, 11) is 1.60. The van der Waals surface area contributed by atoms with E-state index in [9.17, 15) is 19.5 Å². The van der Waals surface area contributed by atoms with Crippen LogP contribution in [0.2, 0.25) is 0 Å². The van der Waals surface area contributed by atoms with Gasteiger partial charge in [0.05, 0.1) is 16.6 Å². The second kappa shape index (κ2) is 6.71. The number of rotatable bonds is 6. The van der Waals surface area contributed by atoms with Gasteiger partial charge >= 0.3 is 0 Å². The fourth-order valence-electron chi connectivity index (χ4n) is 5.13. The molecule has 3 amide bonds. The van der Waals surface area contributed by atoms with E-state index in [1.807, 2.05) is 20.8 Å². The number of carbonyl (C=O) groups is 3. The van der Waals surface area contributed by atoms with E-state index >= 15 is 0 Å². The van der Waals surface area contributed by atoms with Crippen molar-refractivity contribution in [3.63, 3.8) is 0 Å². The summed E-state index contributed by atoms with van der Waals surface area (Å²) < 4.78 is -0.878. The Balaban J connectivity index is 2.03. The van der Waals surface area contributed by atoms with Crippen LogP contribution in [-0.4, -0.2) is 69.5 Å². The topological polar surface area (TPSA) is 98.7 Å². The Kier molecular flexibility index (Phi) is 5.03. The van der Waals surface area contributed by atoms with Crippen LogP contribution in [0.5, 0.6) is 0 Å². The molecule has 26 heavy (non-hydrogen) atoms. The lowest BCUT2D eigenvalue weighted by Crippen LogP contribution is -2.55. The highest BCUT2D eigenvalue weighted by Crippen LogP contribution is 2.71. The summed E-state index contributed by atoms with van der Waals surface area (Å²) in [6, 6.07) is -0.614. The van der Waals surface area contributed by atoms with Crippen molar-refractivity contribution in [2.45, 2.75) is 61.6 Å². The summed E-state index contributed by atoms with van der Waals surface area (Å²) in [5, 5.41) is 14.9. The van der Waals surface area contributed by atoms with Crippen LogP contribution in [0.4, 0.5) is 0 Å². The van der Waals surface area contributed by atoms with Crippen LogP contribution < -0.4 is 10.6 Å². The molecule has 0 saturated carbocycles. The van der Waals surface area contributed by atoms with Gasteiger partial charge in [-0.05, 0) is 40.0 Å². The Morgan fingerprint density at radius 3 is 2.62 bits per heavy atom. The van der Waals surface area contributed by atoms with E-state index in [0.29, 0.717) is 13.0 Å². The molecule has 7 nitrogen and oxygen atoms in total. The molecule has 3 aliphatic heterocycles. The van der Waals surface area contributed by atoms with Gasteiger partial charge < -0.3 is 20.6 Å². The van der Waals surface area contributed by atoms with Gasteiger partial charge in [-0.25, -0.2) is 0 Å². The van der Waals surface area contributed by atoms with Crippen molar-refractivity contribution < 1.29 is 19.5 Å². The quantitative estimate of drug-likeness (QED) is 0.605. The zero-order valence-electron chi connectivity index (χ0n) is 15.9. The Morgan fingerprint density at radius 2 is 2.04 bits per heavy atom. The normalized spacial score (nSPS) is 38.0. The molecule has 146 valence electrons. The fraction of sp³-hybridized carbons (Fsp3) is 0.833. The predicted octanol–water partition coefficient (Wildman–Crippen LogP) is 0.121. The van der Waals surface area contributed by atoms with Gasteiger partial charge in [0, 0.05) is 31.0 Å². The lowest BCUT2D eigenvalue weighted by Gasteiger charge is -2.35. The van der Waals surface area contributed by atoms with Gasteiger partial charge in [0.2, 0.25) is 17.7 Å². The number of aliphatic hydroxyl groups is 1. The Hall–Kier alpha value is -1.28. The third-order valence-corrected chi connectivity index (χ3v) is 8.03. The Bertz CT molecular complexity index is 628. The summed E-state index contributed by atoms with van der Waals surface area (Å²) in [6.07, 6.45) is 2.00. The lowest BCUT2D eigenvalue weighted by molar-refractivity contribution is -0.140. The van der Waals surface area contributed by atoms with Crippen LogP contribution in [0.25, 0.3) is 0 Å². The van der Waals surface area contributed by atoms with Crippen molar-refractivity contribution in [1.82, 2.24) is 15.5 Å². The number of hydrogen-bond donors (Lipinski definition) is 3. The van der Waals surface area contributed by atoms with Gasteiger partial charge in [-0.3, -0.25) is 14.4 Å². The number of likely N-dealkylation sites (tertiary alicyclic amines) is 1. The number of carbonyl (C=O) groups excluding carboxylic acids is 3. The van der Waals surface area contributed by atoms with Crippen molar-refractivity contribution in [2.75, 3.05) is 20.2 Å². The first-order chi connectivity index (χ1) is 12.2. The maximum Gasteiger partial charge on any atom is 0.244 e. The van der Waals surface area contributed by atoms with Crippen LogP contribution in [-0.2, 0) is 14.4 Å². The first-order valence-corrected chi connectivity index (χ1v) is 10.2. The van der Waals surface area contributed by atoms with Gasteiger partial charge in [-0.2, -0.15) is 0 Å². The minimum absolute atomic E-state index is 0.0262. The highest BCUT2D eigenvalue weighted by Gasteiger charge is 2.76. The average molecular weight is 384 g/mol. The smallest absolute Gasteiger partial charge is 0.244 e. The molecule has 0 aliphatic carbocycles. The van der Waals surface area contributed by atoms with E-state index in [1.165, 1.54) is 0 Å². The molecule has 2 unspecified atom stereocenters. The van der Waals surface area contributed by atoms with E-state index in [1.54, 1.807) is 23.7 Å². The van der Waals surface area contributed by atoms with Crippen LogP contribution in [0.3, 0.4) is 0 Å². The Labute approximate surface area is 158 Å².